The molecule has 1 aliphatic rings. The van der Waals surface area contributed by atoms with Crippen molar-refractivity contribution in [2.24, 2.45) is 5.92 Å². The molecule has 0 aromatic heterocycles. The molecule has 1 aliphatic heterocycles. The first-order valence-electron chi connectivity index (χ1n) is 4.85. The summed E-state index contributed by atoms with van der Waals surface area (Å²) in [5.74, 6) is 1.01. The number of hydrogen-bond donors (Lipinski definition) is 1. The van der Waals surface area contributed by atoms with Gasteiger partial charge in [0.1, 0.15) is 0 Å². The van der Waals surface area contributed by atoms with Gasteiger partial charge in [0, 0.05) is 29.4 Å². The third kappa shape index (κ3) is 4.05. The van der Waals surface area contributed by atoms with Crippen LogP contribution in [-0.4, -0.2) is 31.6 Å². The summed E-state index contributed by atoms with van der Waals surface area (Å²) in [7, 11) is 2.22. The van der Waals surface area contributed by atoms with Gasteiger partial charge in [-0.05, 0) is 51.7 Å². The summed E-state index contributed by atoms with van der Waals surface area (Å²) in [5.41, 5.74) is 0. The van der Waals surface area contributed by atoms with Crippen LogP contribution >= 0.6 is 22.9 Å². The van der Waals surface area contributed by atoms with Crippen LogP contribution in [0.25, 0.3) is 0 Å². The van der Waals surface area contributed by atoms with E-state index in [9.17, 15) is 0 Å². The fourth-order valence-corrected chi connectivity index (χ4v) is 2.19. The summed E-state index contributed by atoms with van der Waals surface area (Å²) in [6.07, 6.45) is 5.59. The van der Waals surface area contributed by atoms with E-state index in [0.717, 1.165) is 5.92 Å². The topological polar surface area (TPSA) is 15.3 Å². The lowest BCUT2D eigenvalue weighted by Crippen LogP contribution is -2.30. The summed E-state index contributed by atoms with van der Waals surface area (Å²) < 4.78 is 3.18. The highest BCUT2D eigenvalue weighted by molar-refractivity contribution is 14.1. The van der Waals surface area contributed by atoms with Crippen molar-refractivity contribution >= 4 is 22.9 Å². The van der Waals surface area contributed by atoms with E-state index in [1.54, 1.807) is 0 Å². The predicted octanol–water partition coefficient (Wildman–Crippen LogP) is 2.05. The highest BCUT2D eigenvalue weighted by Crippen LogP contribution is 2.20. The third-order valence-corrected chi connectivity index (χ3v) is 3.26. The Morgan fingerprint density at radius 3 is 2.67 bits per heavy atom. The van der Waals surface area contributed by atoms with Crippen molar-refractivity contribution in [3.05, 3.63) is 0 Å². The monoisotopic (exact) mass is 282 g/mol. The Labute approximate surface area is 89.6 Å². The maximum absolute atomic E-state index is 3.18. The second-order valence-corrected chi connectivity index (χ2v) is 4.54. The number of likely N-dealkylation sites (tertiary alicyclic amines) is 1. The van der Waals surface area contributed by atoms with Crippen LogP contribution in [0.4, 0.5) is 0 Å². The van der Waals surface area contributed by atoms with Gasteiger partial charge in [0.15, 0.2) is 0 Å². The van der Waals surface area contributed by atoms with Gasteiger partial charge in [-0.15, -0.1) is 0 Å². The van der Waals surface area contributed by atoms with Crippen LogP contribution in [0.1, 0.15) is 25.7 Å². The second kappa shape index (κ2) is 6.16. The molecular weight excluding hydrogens is 263 g/mol. The minimum atomic E-state index is 1.01. The van der Waals surface area contributed by atoms with Crippen LogP contribution < -0.4 is 3.53 Å². The molecule has 0 atom stereocenters. The Hall–Kier alpha value is 0.650. The summed E-state index contributed by atoms with van der Waals surface area (Å²) >= 11 is 2.23. The maximum Gasteiger partial charge on any atom is 0.0169 e. The maximum atomic E-state index is 3.18. The van der Waals surface area contributed by atoms with Crippen LogP contribution in [0.3, 0.4) is 0 Å². The Morgan fingerprint density at radius 2 is 2.08 bits per heavy atom. The van der Waals surface area contributed by atoms with Crippen LogP contribution in [-0.2, 0) is 0 Å². The number of halogens is 1. The van der Waals surface area contributed by atoms with E-state index in [1.807, 2.05) is 0 Å². The van der Waals surface area contributed by atoms with Crippen molar-refractivity contribution in [1.29, 1.82) is 0 Å². The average Bonchev–Trinajstić information content (AvgIpc) is 2.09. The van der Waals surface area contributed by atoms with Crippen molar-refractivity contribution in [3.63, 3.8) is 0 Å². The Balaban J connectivity index is 2.01. The molecule has 0 aliphatic carbocycles. The van der Waals surface area contributed by atoms with Gasteiger partial charge in [0.05, 0.1) is 0 Å². The van der Waals surface area contributed by atoms with Crippen molar-refractivity contribution in [1.82, 2.24) is 8.43 Å². The molecule has 0 aromatic carbocycles. The number of nitrogens with zero attached hydrogens (tertiary/aromatic N) is 1. The van der Waals surface area contributed by atoms with Crippen LogP contribution in [0.2, 0.25) is 0 Å². The standard InChI is InChI=1S/C9H19IN2/c1-12-7-4-9(5-8-12)3-2-6-11-10/h9,11H,2-8H2,1H3. The normalized spacial score (nSPS) is 21.5. The van der Waals surface area contributed by atoms with Gasteiger partial charge in [-0.1, -0.05) is 0 Å². The van der Waals surface area contributed by atoms with E-state index in [2.05, 4.69) is 38.3 Å². The summed E-state index contributed by atoms with van der Waals surface area (Å²) in [5, 5.41) is 0. The molecular formula is C9H19IN2. The molecule has 0 aromatic rings. The highest BCUT2D eigenvalue weighted by atomic mass is 127. The molecule has 1 saturated heterocycles. The van der Waals surface area contributed by atoms with E-state index in [-0.39, 0.29) is 0 Å². The number of piperidine rings is 1. The van der Waals surface area contributed by atoms with E-state index in [4.69, 9.17) is 0 Å². The van der Waals surface area contributed by atoms with Gasteiger partial charge in [0.2, 0.25) is 0 Å². The molecule has 2 nitrogen and oxygen atoms in total. The molecule has 72 valence electrons. The average molecular weight is 282 g/mol. The van der Waals surface area contributed by atoms with Gasteiger partial charge in [-0.2, -0.15) is 0 Å². The smallest absolute Gasteiger partial charge is 0.0169 e. The van der Waals surface area contributed by atoms with Gasteiger partial charge < -0.3 is 4.90 Å². The molecule has 1 fully saturated rings. The molecule has 0 saturated carbocycles. The first-order valence-corrected chi connectivity index (χ1v) is 5.93. The van der Waals surface area contributed by atoms with Crippen molar-refractivity contribution in [3.8, 4) is 0 Å². The quantitative estimate of drug-likeness (QED) is 0.482. The zero-order valence-corrected chi connectivity index (χ0v) is 10.0. The van der Waals surface area contributed by atoms with Crippen LogP contribution in [0.5, 0.6) is 0 Å². The number of hydrogen-bond acceptors (Lipinski definition) is 2. The minimum absolute atomic E-state index is 1.01. The Bertz CT molecular complexity index is 111. The van der Waals surface area contributed by atoms with Crippen LogP contribution in [0.15, 0.2) is 0 Å². The molecule has 1 rings (SSSR count). The highest BCUT2D eigenvalue weighted by Gasteiger charge is 2.15. The van der Waals surface area contributed by atoms with Gasteiger partial charge >= 0.3 is 0 Å². The molecule has 12 heavy (non-hydrogen) atoms. The van der Waals surface area contributed by atoms with Crippen LogP contribution in [0, 0.1) is 5.92 Å². The fraction of sp³-hybridized carbons (Fsp3) is 1.00. The third-order valence-electron chi connectivity index (χ3n) is 2.72. The van der Waals surface area contributed by atoms with Crippen molar-refractivity contribution < 1.29 is 0 Å². The summed E-state index contributed by atoms with van der Waals surface area (Å²) in [6, 6.07) is 0. The van der Waals surface area contributed by atoms with E-state index < -0.39 is 0 Å². The zero-order chi connectivity index (χ0) is 8.81. The lowest BCUT2D eigenvalue weighted by atomic mass is 9.92. The molecule has 0 spiro atoms. The van der Waals surface area contributed by atoms with Gasteiger partial charge in [0.25, 0.3) is 0 Å². The molecule has 1 heterocycles. The van der Waals surface area contributed by atoms with Gasteiger partial charge in [-0.3, -0.25) is 3.53 Å². The Kier molecular flexibility index (Phi) is 5.50. The molecule has 0 bridgehead atoms. The van der Waals surface area contributed by atoms with E-state index >= 15 is 0 Å². The molecule has 0 unspecified atom stereocenters. The van der Waals surface area contributed by atoms with E-state index in [1.165, 1.54) is 45.3 Å². The molecule has 0 radical (unpaired) electrons. The lowest BCUT2D eigenvalue weighted by molar-refractivity contribution is 0.211. The largest absolute Gasteiger partial charge is 0.306 e. The zero-order valence-electron chi connectivity index (χ0n) is 7.85. The summed E-state index contributed by atoms with van der Waals surface area (Å²) in [6.45, 7) is 3.79. The summed E-state index contributed by atoms with van der Waals surface area (Å²) in [4.78, 5) is 2.44. The number of nitrogens with one attached hydrogen (secondary N) is 1. The lowest BCUT2D eigenvalue weighted by Gasteiger charge is -2.28. The second-order valence-electron chi connectivity index (χ2n) is 3.77. The first-order chi connectivity index (χ1) is 5.83. The molecule has 1 N–H and O–H groups in total. The SMILES string of the molecule is CN1CCC(CCCNI)CC1. The minimum Gasteiger partial charge on any atom is -0.306 e. The Morgan fingerprint density at radius 1 is 1.42 bits per heavy atom. The van der Waals surface area contributed by atoms with Crippen molar-refractivity contribution in [2.75, 3.05) is 26.7 Å². The van der Waals surface area contributed by atoms with Crippen molar-refractivity contribution in [2.45, 2.75) is 25.7 Å². The number of rotatable bonds is 4. The first kappa shape index (κ1) is 10.7. The predicted molar refractivity (Wildman–Crippen MR) is 61.5 cm³/mol. The van der Waals surface area contributed by atoms with E-state index in [0.29, 0.717) is 0 Å². The molecule has 0 amide bonds. The van der Waals surface area contributed by atoms with Gasteiger partial charge in [-0.25, -0.2) is 0 Å². The fourth-order valence-electron chi connectivity index (χ4n) is 1.81. The molecule has 3 heteroatoms.